The van der Waals surface area contributed by atoms with Gasteiger partial charge in [0.1, 0.15) is 0 Å². The fraction of sp³-hybridized carbons (Fsp3) is 0.667. The van der Waals surface area contributed by atoms with E-state index in [0.717, 1.165) is 0 Å². The van der Waals surface area contributed by atoms with E-state index in [2.05, 4.69) is 24.7 Å². The summed E-state index contributed by atoms with van der Waals surface area (Å²) in [5, 5.41) is 0. The highest BCUT2D eigenvalue weighted by molar-refractivity contribution is 7.74. The van der Waals surface area contributed by atoms with Gasteiger partial charge < -0.3 is 4.74 Å². The van der Waals surface area contributed by atoms with Crippen molar-refractivity contribution < 1.29 is 9.53 Å². The number of ether oxygens (including phenoxy) is 1. The molecule has 0 aromatic carbocycles. The maximum atomic E-state index is 10.6. The van der Waals surface area contributed by atoms with Gasteiger partial charge in [0.15, 0.2) is 0 Å². The average Bonchev–Trinajstić information content (AvgIpc) is 1.62. The molecule has 3 heteroatoms. The Morgan fingerprint density at radius 1 is 1.44 bits per heavy atom. The van der Waals surface area contributed by atoms with Gasteiger partial charge in [0.2, 0.25) is 0 Å². The zero-order valence-corrected chi connectivity index (χ0v) is 7.24. The van der Waals surface area contributed by atoms with Crippen LogP contribution in [0.15, 0.2) is 0 Å². The van der Waals surface area contributed by atoms with Crippen molar-refractivity contribution in [3.8, 4) is 0 Å². The van der Waals surface area contributed by atoms with Crippen LogP contribution in [0.5, 0.6) is 0 Å². The highest BCUT2D eigenvalue weighted by atomic mass is 31.2. The highest BCUT2D eigenvalue weighted by Gasteiger charge is 1.98. The number of methoxy groups -OCH3 is 1. The van der Waals surface area contributed by atoms with Crippen LogP contribution in [0, 0.1) is 0 Å². The van der Waals surface area contributed by atoms with Crippen molar-refractivity contribution in [2.75, 3.05) is 27.1 Å². The SMILES string of the molecule is COC(=O)C=P(C)(C)C. The number of hydrogen-bond acceptors (Lipinski definition) is 2. The van der Waals surface area contributed by atoms with Crippen LogP contribution in [-0.2, 0) is 9.53 Å². The summed E-state index contributed by atoms with van der Waals surface area (Å²) in [6, 6.07) is 0. The minimum atomic E-state index is -1.09. The Bertz CT molecular complexity index is 146. The van der Waals surface area contributed by atoms with Crippen LogP contribution in [0.1, 0.15) is 0 Å². The van der Waals surface area contributed by atoms with E-state index in [0.29, 0.717) is 0 Å². The lowest BCUT2D eigenvalue weighted by atomic mass is 10.8. The summed E-state index contributed by atoms with van der Waals surface area (Å²) >= 11 is 0. The lowest BCUT2D eigenvalue weighted by Crippen LogP contribution is -2.01. The van der Waals surface area contributed by atoms with E-state index in [1.807, 2.05) is 0 Å². The average molecular weight is 148 g/mol. The molecule has 0 aromatic rings. The van der Waals surface area contributed by atoms with Gasteiger partial charge in [0.25, 0.3) is 0 Å². The van der Waals surface area contributed by atoms with Gasteiger partial charge in [-0.3, -0.25) is 0 Å². The second kappa shape index (κ2) is 3.07. The molecule has 0 spiro atoms. The Balaban J connectivity index is 4.13. The molecule has 0 heterocycles. The summed E-state index contributed by atoms with van der Waals surface area (Å²) in [6.45, 7) is 5.09. The zero-order chi connectivity index (χ0) is 7.49. The third kappa shape index (κ3) is 5.64. The Kier molecular flexibility index (Phi) is 2.99. The molecule has 54 valence electrons. The Hall–Kier alpha value is -0.230. The van der Waals surface area contributed by atoms with Crippen LogP contribution < -0.4 is 0 Å². The molecule has 0 aromatic heterocycles. The second-order valence-corrected chi connectivity index (χ2v) is 7.26. The van der Waals surface area contributed by atoms with Crippen molar-refractivity contribution >= 4 is 18.7 Å². The molecule has 0 aliphatic carbocycles. The minimum Gasteiger partial charge on any atom is -0.466 e. The first-order valence-electron chi connectivity index (χ1n) is 2.71. The van der Waals surface area contributed by atoms with E-state index < -0.39 is 6.89 Å². The fourth-order valence-electron chi connectivity index (χ4n) is 0.369. The molecule has 0 fully saturated rings. The Labute approximate surface area is 56.2 Å². The molecular weight excluding hydrogens is 135 g/mol. The first kappa shape index (κ1) is 8.77. The van der Waals surface area contributed by atoms with Gasteiger partial charge in [0.05, 0.1) is 7.11 Å². The van der Waals surface area contributed by atoms with E-state index in [4.69, 9.17) is 0 Å². The summed E-state index contributed by atoms with van der Waals surface area (Å²) in [5.74, 6) is 1.45. The predicted octanol–water partition coefficient (Wildman–Crippen LogP) is 0.869. The molecule has 0 aliphatic heterocycles. The third-order valence-corrected chi connectivity index (χ3v) is 1.68. The molecule has 0 radical (unpaired) electrons. The normalized spacial score (nSPS) is 10.7. The molecule has 2 nitrogen and oxygen atoms in total. The lowest BCUT2D eigenvalue weighted by molar-refractivity contribution is -0.132. The number of esters is 1. The first-order valence-corrected chi connectivity index (χ1v) is 5.90. The summed E-state index contributed by atoms with van der Waals surface area (Å²) in [6.07, 6.45) is 0. The molecule has 0 rings (SSSR count). The van der Waals surface area contributed by atoms with Gasteiger partial charge in [-0.2, -0.15) is 0 Å². The molecule has 0 saturated carbocycles. The Morgan fingerprint density at radius 3 is 2.00 bits per heavy atom. The molecule has 0 amide bonds. The molecular formula is C6H13O2P. The van der Waals surface area contributed by atoms with Crippen LogP contribution in [-0.4, -0.2) is 38.9 Å². The first-order chi connectivity index (χ1) is 3.95. The van der Waals surface area contributed by atoms with Crippen LogP contribution >= 0.6 is 6.89 Å². The molecule has 0 unspecified atom stereocenters. The van der Waals surface area contributed by atoms with Crippen LogP contribution in [0.2, 0.25) is 0 Å². The minimum absolute atomic E-state index is 0.212. The smallest absolute Gasteiger partial charge is 0.330 e. The molecule has 0 N–H and O–H groups in total. The van der Waals surface area contributed by atoms with Gasteiger partial charge >= 0.3 is 5.97 Å². The standard InChI is InChI=1S/C6H13O2P/c1-8-6(7)5-9(2,3)4/h5H,1-4H3. The highest BCUT2D eigenvalue weighted by Crippen LogP contribution is 2.30. The van der Waals surface area contributed by atoms with Crippen molar-refractivity contribution in [2.24, 2.45) is 0 Å². The van der Waals surface area contributed by atoms with Crippen LogP contribution in [0.25, 0.3) is 0 Å². The van der Waals surface area contributed by atoms with Gasteiger partial charge in [0, 0.05) is 5.80 Å². The number of rotatable bonds is 1. The summed E-state index contributed by atoms with van der Waals surface area (Å²) in [7, 11) is 1.40. The number of carbonyl (C=O) groups excluding carboxylic acids is 1. The van der Waals surface area contributed by atoms with Gasteiger partial charge in [-0.05, 0) is 20.0 Å². The lowest BCUT2D eigenvalue weighted by Gasteiger charge is -2.03. The zero-order valence-electron chi connectivity index (χ0n) is 6.34. The quantitative estimate of drug-likeness (QED) is 0.407. The summed E-state index contributed by atoms with van der Waals surface area (Å²) in [5.41, 5.74) is 0. The number of carbonyl (C=O) groups is 1. The van der Waals surface area contributed by atoms with Crippen molar-refractivity contribution in [3.63, 3.8) is 0 Å². The van der Waals surface area contributed by atoms with E-state index in [9.17, 15) is 4.79 Å². The second-order valence-electron chi connectivity index (χ2n) is 2.77. The third-order valence-electron chi connectivity index (χ3n) is 0.694. The molecule has 0 atom stereocenters. The fourth-order valence-corrected chi connectivity index (χ4v) is 1.11. The van der Waals surface area contributed by atoms with Gasteiger partial charge in [-0.25, -0.2) is 4.79 Å². The van der Waals surface area contributed by atoms with Crippen molar-refractivity contribution in [3.05, 3.63) is 0 Å². The monoisotopic (exact) mass is 148 g/mol. The van der Waals surface area contributed by atoms with Gasteiger partial charge in [-0.1, -0.05) is 0 Å². The van der Waals surface area contributed by atoms with Crippen molar-refractivity contribution in [1.29, 1.82) is 0 Å². The van der Waals surface area contributed by atoms with E-state index in [-0.39, 0.29) is 5.97 Å². The largest absolute Gasteiger partial charge is 0.466 e. The van der Waals surface area contributed by atoms with Gasteiger partial charge in [-0.15, -0.1) is 6.89 Å². The molecule has 9 heavy (non-hydrogen) atoms. The van der Waals surface area contributed by atoms with E-state index in [1.54, 1.807) is 5.80 Å². The van der Waals surface area contributed by atoms with E-state index in [1.165, 1.54) is 7.11 Å². The van der Waals surface area contributed by atoms with Crippen molar-refractivity contribution in [1.82, 2.24) is 0 Å². The topological polar surface area (TPSA) is 26.3 Å². The van der Waals surface area contributed by atoms with Crippen LogP contribution in [0.4, 0.5) is 0 Å². The molecule has 0 bridgehead atoms. The van der Waals surface area contributed by atoms with Crippen LogP contribution in [0.3, 0.4) is 0 Å². The molecule has 0 saturated heterocycles. The predicted molar refractivity (Wildman–Crippen MR) is 42.8 cm³/mol. The van der Waals surface area contributed by atoms with Crippen molar-refractivity contribution in [2.45, 2.75) is 0 Å². The maximum absolute atomic E-state index is 10.6. The molecule has 0 aliphatic rings. The Morgan fingerprint density at radius 2 is 1.89 bits per heavy atom. The summed E-state index contributed by atoms with van der Waals surface area (Å²) in [4.78, 5) is 10.6. The maximum Gasteiger partial charge on any atom is 0.330 e. The van der Waals surface area contributed by atoms with E-state index >= 15 is 0 Å². The number of hydrogen-bond donors (Lipinski definition) is 0. The summed E-state index contributed by atoms with van der Waals surface area (Å²) < 4.78 is 4.46.